The highest BCUT2D eigenvalue weighted by Crippen LogP contribution is 2.32. The number of aryl methyl sites for hydroxylation is 1. The van der Waals surface area contributed by atoms with Gasteiger partial charge in [0.15, 0.2) is 5.69 Å². The second-order valence-corrected chi connectivity index (χ2v) is 11.2. The Labute approximate surface area is 248 Å². The van der Waals surface area contributed by atoms with Crippen molar-refractivity contribution in [2.24, 2.45) is 13.0 Å². The fourth-order valence-corrected chi connectivity index (χ4v) is 5.86. The van der Waals surface area contributed by atoms with Crippen molar-refractivity contribution in [3.8, 4) is 17.1 Å². The Morgan fingerprint density at radius 1 is 1.00 bits per heavy atom. The number of nitrogens with zero attached hydrogens (tertiary/aromatic N) is 6. The zero-order valence-corrected chi connectivity index (χ0v) is 23.8. The SMILES string of the molecule is Cn1ccc(-c2ccc(-n3c(=O)n(C[C@H]4CC[C@H](NC(=O)c5cc(Cl)cnc5C(F)(F)F)CC4)c4ccccc43)cn2)n1. The quantitative estimate of drug-likeness (QED) is 0.268. The van der Waals surface area contributed by atoms with E-state index in [1.165, 1.54) is 0 Å². The van der Waals surface area contributed by atoms with Crippen LogP contribution in [-0.4, -0.2) is 40.8 Å². The first-order valence-electron chi connectivity index (χ1n) is 13.8. The van der Waals surface area contributed by atoms with Gasteiger partial charge in [0.2, 0.25) is 0 Å². The van der Waals surface area contributed by atoms with Crippen LogP contribution < -0.4 is 11.0 Å². The Kier molecular flexibility index (Phi) is 7.55. The smallest absolute Gasteiger partial charge is 0.349 e. The fourth-order valence-electron chi connectivity index (χ4n) is 5.70. The molecule has 4 heterocycles. The van der Waals surface area contributed by atoms with Gasteiger partial charge in [0, 0.05) is 32.0 Å². The summed E-state index contributed by atoms with van der Waals surface area (Å²) in [7, 11) is 1.83. The van der Waals surface area contributed by atoms with E-state index in [0.29, 0.717) is 43.6 Å². The van der Waals surface area contributed by atoms with Gasteiger partial charge in [-0.3, -0.25) is 23.6 Å². The van der Waals surface area contributed by atoms with Crippen LogP contribution in [0.3, 0.4) is 0 Å². The van der Waals surface area contributed by atoms with E-state index in [4.69, 9.17) is 11.6 Å². The van der Waals surface area contributed by atoms with Crippen molar-refractivity contribution in [1.82, 2.24) is 34.2 Å². The third kappa shape index (κ3) is 5.79. The minimum Gasteiger partial charge on any atom is -0.349 e. The number of hydrogen-bond donors (Lipinski definition) is 1. The van der Waals surface area contributed by atoms with Crippen LogP contribution in [0.4, 0.5) is 13.2 Å². The van der Waals surface area contributed by atoms with Crippen LogP contribution in [0.5, 0.6) is 0 Å². The van der Waals surface area contributed by atoms with Crippen molar-refractivity contribution in [2.45, 2.75) is 44.4 Å². The maximum Gasteiger partial charge on any atom is 0.434 e. The van der Waals surface area contributed by atoms with Crippen LogP contribution >= 0.6 is 11.6 Å². The number of hydrogen-bond acceptors (Lipinski definition) is 5. The summed E-state index contributed by atoms with van der Waals surface area (Å²) < 4.78 is 45.3. The summed E-state index contributed by atoms with van der Waals surface area (Å²) in [6.45, 7) is 0.475. The molecule has 1 aliphatic carbocycles. The number of rotatable bonds is 6. The number of benzene rings is 1. The van der Waals surface area contributed by atoms with Crippen molar-refractivity contribution >= 4 is 28.5 Å². The minimum atomic E-state index is -4.78. The van der Waals surface area contributed by atoms with Crippen molar-refractivity contribution in [3.63, 3.8) is 0 Å². The number of aromatic nitrogens is 6. The number of para-hydroxylation sites is 2. The molecule has 1 fully saturated rings. The molecule has 5 aromatic rings. The predicted octanol–water partition coefficient (Wildman–Crippen LogP) is 5.64. The van der Waals surface area contributed by atoms with Gasteiger partial charge in [-0.2, -0.15) is 18.3 Å². The monoisotopic (exact) mass is 609 g/mol. The maximum absolute atomic E-state index is 13.7. The fraction of sp³-hybridized carbons (Fsp3) is 0.300. The molecule has 1 saturated carbocycles. The molecule has 4 aromatic heterocycles. The van der Waals surface area contributed by atoms with Gasteiger partial charge >= 0.3 is 11.9 Å². The van der Waals surface area contributed by atoms with E-state index >= 15 is 0 Å². The second kappa shape index (κ2) is 11.3. The molecule has 0 aliphatic heterocycles. The van der Waals surface area contributed by atoms with E-state index in [1.54, 1.807) is 20.0 Å². The van der Waals surface area contributed by atoms with E-state index < -0.39 is 23.3 Å². The summed E-state index contributed by atoms with van der Waals surface area (Å²) in [6.07, 6.45) is 2.11. The van der Waals surface area contributed by atoms with E-state index in [0.717, 1.165) is 29.0 Å². The molecule has 6 rings (SSSR count). The Morgan fingerprint density at radius 2 is 1.74 bits per heavy atom. The van der Waals surface area contributed by atoms with Crippen molar-refractivity contribution in [3.05, 3.63) is 93.9 Å². The zero-order chi connectivity index (χ0) is 30.3. The molecule has 1 aromatic carbocycles. The number of imidazole rings is 1. The van der Waals surface area contributed by atoms with Crippen LogP contribution in [-0.2, 0) is 19.8 Å². The minimum absolute atomic E-state index is 0.0496. The molecule has 13 heteroatoms. The number of pyridine rings is 2. The highest BCUT2D eigenvalue weighted by Gasteiger charge is 2.38. The Bertz CT molecular complexity index is 1850. The predicted molar refractivity (Wildman–Crippen MR) is 155 cm³/mol. The Hall–Kier alpha value is -4.45. The van der Waals surface area contributed by atoms with Crippen LogP contribution in [0.2, 0.25) is 5.02 Å². The third-order valence-electron chi connectivity index (χ3n) is 7.81. The average Bonchev–Trinajstić information content (AvgIpc) is 3.54. The molecule has 0 atom stereocenters. The lowest BCUT2D eigenvalue weighted by molar-refractivity contribution is -0.141. The first-order chi connectivity index (χ1) is 20.6. The molecule has 0 unspecified atom stereocenters. The summed E-state index contributed by atoms with van der Waals surface area (Å²) in [4.78, 5) is 34.4. The lowest BCUT2D eigenvalue weighted by Crippen LogP contribution is -2.39. The van der Waals surface area contributed by atoms with E-state index in [9.17, 15) is 22.8 Å². The molecular formula is C30H27ClF3N7O2. The average molecular weight is 610 g/mol. The standard InChI is InChI=1S/C30H27ClF3N7O2/c1-39-13-12-24(38-39)23-11-10-21(16-35-23)41-26-5-3-2-4-25(26)40(29(41)43)17-18-6-8-20(9-7-18)37-28(42)22-14-19(31)15-36-27(22)30(32,33)34/h2-5,10-16,18,20H,6-9,17H2,1H3,(H,37,42)/t18-,20-. The number of nitrogens with one attached hydrogen (secondary N) is 1. The van der Waals surface area contributed by atoms with Crippen molar-refractivity contribution in [1.29, 1.82) is 0 Å². The molecule has 222 valence electrons. The van der Waals surface area contributed by atoms with Gasteiger partial charge in [0.05, 0.1) is 39.2 Å². The summed E-state index contributed by atoms with van der Waals surface area (Å²) in [6, 6.07) is 13.8. The normalized spacial score (nSPS) is 17.3. The van der Waals surface area contributed by atoms with Crippen LogP contribution in [0.15, 0.2) is 71.9 Å². The summed E-state index contributed by atoms with van der Waals surface area (Å²) in [5, 5.41) is 7.05. The molecule has 43 heavy (non-hydrogen) atoms. The molecule has 0 spiro atoms. The molecule has 1 N–H and O–H groups in total. The first kappa shape index (κ1) is 28.7. The van der Waals surface area contributed by atoms with E-state index in [1.807, 2.05) is 55.7 Å². The van der Waals surface area contributed by atoms with Gasteiger partial charge < -0.3 is 5.32 Å². The number of carbonyl (C=O) groups excluding carboxylic acids is 1. The highest BCUT2D eigenvalue weighted by molar-refractivity contribution is 6.30. The molecule has 0 bridgehead atoms. The second-order valence-electron chi connectivity index (χ2n) is 10.7. The molecule has 0 saturated heterocycles. The van der Waals surface area contributed by atoms with E-state index in [2.05, 4.69) is 20.4 Å². The largest absolute Gasteiger partial charge is 0.434 e. The topological polar surface area (TPSA) is 99.6 Å². The zero-order valence-electron chi connectivity index (χ0n) is 23.1. The number of alkyl halides is 3. The van der Waals surface area contributed by atoms with Gasteiger partial charge in [-0.15, -0.1) is 0 Å². The van der Waals surface area contributed by atoms with Crippen LogP contribution in [0.25, 0.3) is 28.1 Å². The number of carbonyl (C=O) groups is 1. The summed E-state index contributed by atoms with van der Waals surface area (Å²) in [5.74, 6) is -0.707. The molecule has 0 radical (unpaired) electrons. The molecular weight excluding hydrogens is 583 g/mol. The lowest BCUT2D eigenvalue weighted by atomic mass is 9.85. The number of amides is 1. The third-order valence-corrected chi connectivity index (χ3v) is 8.01. The van der Waals surface area contributed by atoms with Crippen LogP contribution in [0.1, 0.15) is 41.7 Å². The molecule has 1 aliphatic rings. The van der Waals surface area contributed by atoms with Crippen molar-refractivity contribution < 1.29 is 18.0 Å². The summed E-state index contributed by atoms with van der Waals surface area (Å²) in [5.41, 5.74) is 1.59. The number of fused-ring (bicyclic) bond motifs is 1. The number of halogens is 4. The van der Waals surface area contributed by atoms with Gasteiger partial charge in [-0.05, 0) is 68.0 Å². The van der Waals surface area contributed by atoms with E-state index in [-0.39, 0.29) is 22.7 Å². The maximum atomic E-state index is 13.7. The first-order valence-corrected chi connectivity index (χ1v) is 14.2. The highest BCUT2D eigenvalue weighted by atomic mass is 35.5. The lowest BCUT2D eigenvalue weighted by Gasteiger charge is -2.29. The van der Waals surface area contributed by atoms with Crippen LogP contribution in [0, 0.1) is 5.92 Å². The summed E-state index contributed by atoms with van der Waals surface area (Å²) >= 11 is 5.83. The van der Waals surface area contributed by atoms with Gasteiger partial charge in [0.1, 0.15) is 5.69 Å². The Balaban J connectivity index is 1.17. The van der Waals surface area contributed by atoms with Gasteiger partial charge in [0.25, 0.3) is 5.91 Å². The van der Waals surface area contributed by atoms with Crippen molar-refractivity contribution in [2.75, 3.05) is 0 Å². The van der Waals surface area contributed by atoms with Gasteiger partial charge in [-0.1, -0.05) is 23.7 Å². The Morgan fingerprint density at radius 3 is 2.40 bits per heavy atom. The molecule has 9 nitrogen and oxygen atoms in total. The molecule has 1 amide bonds. The van der Waals surface area contributed by atoms with Gasteiger partial charge in [-0.25, -0.2) is 9.78 Å².